The number of halogens is 30. The van der Waals surface area contributed by atoms with E-state index >= 15 is 52.7 Å². The molecule has 0 saturated carbocycles. The summed E-state index contributed by atoms with van der Waals surface area (Å²) in [7, 11) is 0. The Bertz CT molecular complexity index is 3950. The number of unbranched alkanes of at least 4 members (excludes halogenated alkanes) is 2. The maximum atomic E-state index is 15.5. The van der Waals surface area contributed by atoms with Gasteiger partial charge in [-0.25, -0.2) is 141 Å². The van der Waals surface area contributed by atoms with Crippen molar-refractivity contribution < 1.29 is 169 Å². The van der Waals surface area contributed by atoms with Gasteiger partial charge in [0.25, 0.3) is 24.6 Å². The molecule has 0 bridgehead atoms. The first-order valence-electron chi connectivity index (χ1n) is 31.6. The minimum absolute atomic E-state index is 0.0426. The molecular weight excluding hydrogens is 1530 g/mol. The third kappa shape index (κ3) is 16.3. The Hall–Kier alpha value is -9.49. The molecule has 0 radical (unpaired) electrons. The number of carbonyl (C=O) groups excluding carboxylic acids is 2. The van der Waals surface area contributed by atoms with Crippen molar-refractivity contribution in [2.24, 2.45) is 0 Å². The zero-order chi connectivity index (χ0) is 80.8. The number of carbonyl (C=O) groups is 2. The molecule has 2 aromatic heterocycles. The van der Waals surface area contributed by atoms with Crippen molar-refractivity contribution in [1.82, 2.24) is 0 Å². The molecule has 0 N–H and O–H groups in total. The molecule has 40 heteroatoms. The van der Waals surface area contributed by atoms with Crippen LogP contribution >= 0.6 is 0 Å². The Kier molecular flexibility index (Phi) is 28.0. The molecule has 0 atom stereocenters. The normalized spacial score (nSPS) is 12.9. The van der Waals surface area contributed by atoms with Crippen LogP contribution in [0, 0.1) is 202 Å². The smallest absolute Gasteiger partial charge is 0.268 e. The number of hydrogen-bond donors (Lipinski definition) is 0. The molecule has 8 aromatic rings. The van der Waals surface area contributed by atoms with E-state index in [1.54, 1.807) is 73.2 Å². The molecule has 4 heterocycles. The fourth-order valence-electron chi connectivity index (χ4n) is 12.0. The molecule has 2 fully saturated rings. The standard InChI is InChI=1S/2C30H17BF15NO2.2C4H8O/c2*1-10-6-5-7-11(2)47(10)9-4-3-8-12(48)49-31(13-16(32)22(38)28(44)23(39)17(13)33,14-18(34)24(40)29(45)25(41)19(14)35)15-20(36)26(42)30(46)27(43)21(15)37;2*1-2-4-5-3-1/h2*5-7H,3-4,8-9H2,1-2H3;2*1-4H2. The van der Waals surface area contributed by atoms with Crippen LogP contribution in [0.5, 0.6) is 0 Å². The molecule has 6 aromatic carbocycles. The number of pyridine rings is 2. The van der Waals surface area contributed by atoms with E-state index in [-0.39, 0.29) is 25.9 Å². The van der Waals surface area contributed by atoms with Crippen molar-refractivity contribution in [2.45, 2.75) is 105 Å². The van der Waals surface area contributed by atoms with Gasteiger partial charge >= 0.3 is 0 Å². The predicted octanol–water partition coefficient (Wildman–Crippen LogP) is 13.7. The minimum Gasteiger partial charge on any atom is -0.676 e. The molecule has 0 amide bonds. The van der Waals surface area contributed by atoms with Crippen LogP contribution in [0.4, 0.5) is 132 Å². The van der Waals surface area contributed by atoms with E-state index in [0.29, 0.717) is 22.8 Å². The van der Waals surface area contributed by atoms with Gasteiger partial charge in [0.2, 0.25) is 0 Å². The van der Waals surface area contributed by atoms with Crippen LogP contribution in [0.2, 0.25) is 0 Å². The van der Waals surface area contributed by atoms with Crippen LogP contribution in [0.3, 0.4) is 0 Å². The van der Waals surface area contributed by atoms with E-state index in [4.69, 9.17) is 9.47 Å². The van der Waals surface area contributed by atoms with Gasteiger partial charge in [-0.3, -0.25) is 9.59 Å². The third-order valence-corrected chi connectivity index (χ3v) is 17.3. The number of aromatic nitrogens is 2. The Balaban J connectivity index is 0.000000265. The molecule has 2 aliphatic rings. The van der Waals surface area contributed by atoms with E-state index in [2.05, 4.69) is 9.31 Å². The molecule has 0 unspecified atom stereocenters. The van der Waals surface area contributed by atoms with Gasteiger partial charge in [0.05, 0.1) is 0 Å². The summed E-state index contributed by atoms with van der Waals surface area (Å²) in [6.45, 7) is 10.9. The van der Waals surface area contributed by atoms with Gasteiger partial charge in [-0.1, -0.05) is 32.8 Å². The van der Waals surface area contributed by atoms with Crippen LogP contribution in [0.25, 0.3) is 0 Å². The van der Waals surface area contributed by atoms with Crippen molar-refractivity contribution in [3.63, 3.8) is 0 Å². The highest BCUT2D eigenvalue weighted by Crippen LogP contribution is 2.33. The van der Waals surface area contributed by atoms with Gasteiger partial charge in [0.1, 0.15) is 82.9 Å². The molecule has 584 valence electrons. The highest BCUT2D eigenvalue weighted by Gasteiger charge is 2.54. The number of aryl methyl sites for hydroxylation is 4. The second kappa shape index (κ2) is 35.3. The molecule has 2 saturated heterocycles. The average molecular weight is 1580 g/mol. The second-order valence-electron chi connectivity index (χ2n) is 23.9. The predicted molar refractivity (Wildman–Crippen MR) is 319 cm³/mol. The van der Waals surface area contributed by atoms with E-state index in [0.717, 1.165) is 26.4 Å². The molecule has 0 spiro atoms. The fourth-order valence-corrected chi connectivity index (χ4v) is 12.0. The van der Waals surface area contributed by atoms with Crippen LogP contribution in [0.15, 0.2) is 36.4 Å². The van der Waals surface area contributed by atoms with E-state index in [9.17, 15) is 88.6 Å². The number of ether oxygens (including phenoxy) is 2. The highest BCUT2D eigenvalue weighted by atomic mass is 19.2. The van der Waals surface area contributed by atoms with Gasteiger partial charge < -0.3 is 18.8 Å². The lowest BCUT2D eigenvalue weighted by molar-refractivity contribution is -0.709. The minimum atomic E-state index is -6.39. The summed E-state index contributed by atoms with van der Waals surface area (Å²) in [4.78, 5) is 26.3. The number of benzene rings is 6. The van der Waals surface area contributed by atoms with Gasteiger partial charge in [-0.2, -0.15) is 0 Å². The SMILES string of the molecule is C1CCOC1.C1CCOC1.Cc1cccc(C)[n+]1CCCCC(=O)O[B-](c1c(F)c(F)c(F)c(F)c1F)(c1c(F)c(F)c(F)c(F)c1F)c1c(F)c(F)c(F)c(F)c1F.Cc1cccc(C)[n+]1CCCCC(=O)O[B-](c1c(F)c(F)c(F)c(F)c1F)(c1c(F)c(F)c(F)c(F)c1F)c1c(F)c(F)c(F)c(F)c1F. The van der Waals surface area contributed by atoms with Crippen LogP contribution in [-0.2, 0) is 41.5 Å². The lowest BCUT2D eigenvalue weighted by Gasteiger charge is -2.44. The quantitative estimate of drug-likeness (QED) is 0.0213. The first-order valence-corrected chi connectivity index (χ1v) is 31.6. The van der Waals surface area contributed by atoms with Crippen molar-refractivity contribution >= 4 is 57.4 Å². The monoisotopic (exact) mass is 1580 g/mol. The Morgan fingerprint density at radius 3 is 0.583 bits per heavy atom. The van der Waals surface area contributed by atoms with Crippen LogP contribution in [-0.4, -0.2) is 51.1 Å². The summed E-state index contributed by atoms with van der Waals surface area (Å²) < 4.78 is 467. The summed E-state index contributed by atoms with van der Waals surface area (Å²) in [6, 6.07) is 10.1. The summed E-state index contributed by atoms with van der Waals surface area (Å²) in [5.41, 5.74) is -15.3. The topological polar surface area (TPSA) is 78.8 Å². The number of rotatable bonds is 18. The maximum absolute atomic E-state index is 15.5. The first kappa shape index (κ1) is 85.8. The summed E-state index contributed by atoms with van der Waals surface area (Å²) in [6.07, 6.45) is -10.9. The first-order chi connectivity index (χ1) is 50.6. The Labute approximate surface area is 590 Å². The summed E-state index contributed by atoms with van der Waals surface area (Å²) in [5.74, 6) is -100. The number of hydrogen-bond acceptors (Lipinski definition) is 6. The molecule has 108 heavy (non-hydrogen) atoms. The van der Waals surface area contributed by atoms with Crippen molar-refractivity contribution in [3.8, 4) is 0 Å². The molecular formula is C68H50B2F30N2O6. The van der Waals surface area contributed by atoms with Gasteiger partial charge in [0, 0.05) is 104 Å². The van der Waals surface area contributed by atoms with E-state index in [1.165, 1.54) is 25.7 Å². The summed E-state index contributed by atoms with van der Waals surface area (Å²) >= 11 is 0. The zero-order valence-corrected chi connectivity index (χ0v) is 55.6. The average Bonchev–Trinajstić information content (AvgIpc) is 0.719. The van der Waals surface area contributed by atoms with Crippen LogP contribution in [0.1, 0.15) is 87.0 Å². The maximum Gasteiger partial charge on any atom is 0.268 e. The summed E-state index contributed by atoms with van der Waals surface area (Å²) in [5, 5.41) is 0. The van der Waals surface area contributed by atoms with Crippen molar-refractivity contribution in [2.75, 3.05) is 26.4 Å². The lowest BCUT2D eigenvalue weighted by Crippen LogP contribution is -2.75. The molecule has 8 nitrogen and oxygen atoms in total. The lowest BCUT2D eigenvalue weighted by atomic mass is 9.27. The highest BCUT2D eigenvalue weighted by molar-refractivity contribution is 7.08. The van der Waals surface area contributed by atoms with Crippen molar-refractivity contribution in [3.05, 3.63) is 234 Å². The van der Waals surface area contributed by atoms with E-state index < -0.39 is 258 Å². The van der Waals surface area contributed by atoms with Crippen LogP contribution < -0.4 is 41.9 Å². The Morgan fingerprint density at radius 2 is 0.435 bits per heavy atom. The van der Waals surface area contributed by atoms with Gasteiger partial charge in [0.15, 0.2) is 127 Å². The Morgan fingerprint density at radius 1 is 0.278 bits per heavy atom. The molecule has 0 aliphatic carbocycles. The van der Waals surface area contributed by atoms with Gasteiger partial charge in [-0.15, -0.1) is 0 Å². The zero-order valence-electron chi connectivity index (χ0n) is 55.6. The fraction of sp³-hybridized carbons (Fsp3) is 0.294. The molecule has 10 rings (SSSR count). The third-order valence-electron chi connectivity index (χ3n) is 17.3. The number of nitrogens with zero attached hydrogens (tertiary/aromatic N) is 2. The van der Waals surface area contributed by atoms with Crippen molar-refractivity contribution in [1.29, 1.82) is 0 Å². The molecule has 2 aliphatic heterocycles. The largest absolute Gasteiger partial charge is 0.676 e. The van der Waals surface area contributed by atoms with E-state index in [1.807, 2.05) is 0 Å². The van der Waals surface area contributed by atoms with Gasteiger partial charge in [-0.05, 0) is 50.7 Å². The second-order valence-corrected chi connectivity index (χ2v) is 23.9.